The Hall–Kier alpha value is -2.05. The number of carbonyl (C=O) groups is 1. The Labute approximate surface area is 216 Å². The molecule has 2 aliphatic rings. The molecule has 1 amide bonds. The number of rotatable bonds is 6. The van der Waals surface area contributed by atoms with Crippen LogP contribution in [0.4, 0.5) is 5.82 Å². The van der Waals surface area contributed by atoms with Gasteiger partial charge in [0.1, 0.15) is 17.4 Å². The molecule has 1 atom stereocenters. The van der Waals surface area contributed by atoms with E-state index < -0.39 is 6.10 Å². The molecule has 0 unspecified atom stereocenters. The summed E-state index contributed by atoms with van der Waals surface area (Å²) in [4.78, 5) is 24.1. The molecule has 1 fully saturated rings. The maximum Gasteiger partial charge on any atom is 0.251 e. The first kappa shape index (κ1) is 23.7. The normalized spacial score (nSPS) is 17.1. The van der Waals surface area contributed by atoms with E-state index in [4.69, 9.17) is 15.5 Å². The molecule has 5 rings (SSSR count). The first-order chi connectivity index (χ1) is 16.4. The van der Waals surface area contributed by atoms with Gasteiger partial charge in [0.25, 0.3) is 5.91 Å². The minimum Gasteiger partial charge on any atom is -0.493 e. The molecule has 2 aliphatic heterocycles. The quantitative estimate of drug-likeness (QED) is 0.422. The van der Waals surface area contributed by atoms with Gasteiger partial charge >= 0.3 is 0 Å². The number of hydrogen-bond donors (Lipinski definition) is 2. The van der Waals surface area contributed by atoms with Crippen LogP contribution < -0.4 is 10.5 Å². The lowest BCUT2D eigenvalue weighted by atomic mass is 9.93. The second-order valence-corrected chi connectivity index (χ2v) is 11.1. The maximum absolute atomic E-state index is 12.1. The molecule has 0 radical (unpaired) electrons. The summed E-state index contributed by atoms with van der Waals surface area (Å²) in [6.45, 7) is 4.49. The Morgan fingerprint density at radius 3 is 2.94 bits per heavy atom. The van der Waals surface area contributed by atoms with Gasteiger partial charge in [-0.2, -0.15) is 0 Å². The minimum atomic E-state index is -0.931. The van der Waals surface area contributed by atoms with Gasteiger partial charge in [0.2, 0.25) is 0 Å². The Kier molecular flexibility index (Phi) is 6.90. The van der Waals surface area contributed by atoms with Crippen molar-refractivity contribution in [2.45, 2.75) is 55.3 Å². The lowest BCUT2D eigenvalue weighted by Crippen LogP contribution is -2.43. The molecule has 180 valence electrons. The molecule has 8 nitrogen and oxygen atoms in total. The van der Waals surface area contributed by atoms with Crippen LogP contribution in [0.3, 0.4) is 0 Å². The Morgan fingerprint density at radius 2 is 2.18 bits per heavy atom. The maximum atomic E-state index is 12.1. The lowest BCUT2D eigenvalue weighted by Gasteiger charge is -2.32. The number of piperidine rings is 1. The highest BCUT2D eigenvalue weighted by atomic mass is 124. The predicted molar refractivity (Wildman–Crippen MR) is 140 cm³/mol. The molecule has 1 aromatic carbocycles. The Bertz CT molecular complexity index is 1220. The number of nitrogens with two attached hydrogens (primary N) is 1. The van der Waals surface area contributed by atoms with E-state index in [2.05, 4.69) is 44.3 Å². The van der Waals surface area contributed by atoms with Crippen molar-refractivity contribution in [3.63, 3.8) is 0 Å². The van der Waals surface area contributed by atoms with E-state index in [1.807, 2.05) is 6.07 Å². The highest BCUT2D eigenvalue weighted by Gasteiger charge is 2.26. The van der Waals surface area contributed by atoms with Crippen molar-refractivity contribution in [1.82, 2.24) is 19.4 Å². The second kappa shape index (κ2) is 9.90. The van der Waals surface area contributed by atoms with Crippen molar-refractivity contribution in [2.24, 2.45) is 5.92 Å². The number of benzene rings is 1. The Balaban J connectivity index is 1.36. The van der Waals surface area contributed by atoms with E-state index in [-0.39, 0.29) is 5.91 Å². The summed E-state index contributed by atoms with van der Waals surface area (Å²) < 4.78 is 9.22. The molecule has 0 aliphatic carbocycles. The smallest absolute Gasteiger partial charge is 0.251 e. The van der Waals surface area contributed by atoms with Gasteiger partial charge in [-0.25, -0.2) is 9.97 Å². The molecule has 0 saturated carbocycles. The van der Waals surface area contributed by atoms with E-state index >= 15 is 0 Å². The SMILES string of the molecule is C[C@H](O)C(=O)N1CCC(CCn2c(Sc3cc4c(cc3[124I])CCO4)nc3c(N)nccc32)CC1. The number of amides is 1. The number of aliphatic hydroxyl groups is 1. The van der Waals surface area contributed by atoms with Crippen LogP contribution in [0.1, 0.15) is 31.7 Å². The summed E-state index contributed by atoms with van der Waals surface area (Å²) in [5, 5.41) is 10.5. The van der Waals surface area contributed by atoms with E-state index in [1.165, 1.54) is 16.1 Å². The predicted octanol–water partition coefficient (Wildman–Crippen LogP) is 3.71. The minimum absolute atomic E-state index is 0.173. The number of imidazole rings is 1. The van der Waals surface area contributed by atoms with Crippen molar-refractivity contribution in [3.8, 4) is 5.75 Å². The standard InChI is InChI=1S/C24H28IN5O3S/c1-14(31)23(32)29-8-3-15(4-9-29)5-10-30-18-2-7-27-22(26)21(18)28-24(30)34-20-13-19-16(6-11-33-19)12-17(20)25/h2,7,12-15,31H,3-6,8-11H2,1H3,(H2,26,27)/t14-/m0/s1/i25-3. The van der Waals surface area contributed by atoms with Gasteiger partial charge in [0.05, 0.1) is 12.1 Å². The first-order valence-electron chi connectivity index (χ1n) is 11.6. The van der Waals surface area contributed by atoms with Crippen molar-refractivity contribution in [2.75, 3.05) is 25.4 Å². The molecule has 2 aromatic heterocycles. The number of likely N-dealkylation sites (tertiary alicyclic amines) is 1. The molecule has 3 N–H and O–H groups in total. The fourth-order valence-electron chi connectivity index (χ4n) is 4.72. The van der Waals surface area contributed by atoms with Crippen LogP contribution in [0.25, 0.3) is 11.0 Å². The summed E-state index contributed by atoms with van der Waals surface area (Å²) in [7, 11) is 0. The number of aryl methyl sites for hydroxylation is 1. The average molecular weight is 590 g/mol. The number of carbonyl (C=O) groups excluding carboxylic acids is 1. The molecule has 1 saturated heterocycles. The van der Waals surface area contributed by atoms with Crippen LogP contribution in [0.2, 0.25) is 0 Å². The number of fused-ring (bicyclic) bond motifs is 2. The van der Waals surface area contributed by atoms with Crippen LogP contribution in [-0.4, -0.2) is 56.2 Å². The number of nitrogen functional groups attached to an aromatic ring is 1. The van der Waals surface area contributed by atoms with Crippen LogP contribution in [-0.2, 0) is 17.8 Å². The highest BCUT2D eigenvalue weighted by Crippen LogP contribution is 2.39. The molecule has 0 bridgehead atoms. The number of hydrogen-bond acceptors (Lipinski definition) is 7. The van der Waals surface area contributed by atoms with E-state index in [1.54, 1.807) is 22.9 Å². The van der Waals surface area contributed by atoms with E-state index in [0.29, 0.717) is 24.8 Å². The summed E-state index contributed by atoms with van der Waals surface area (Å²) in [5.74, 6) is 1.75. The van der Waals surface area contributed by atoms with E-state index in [9.17, 15) is 9.90 Å². The van der Waals surface area contributed by atoms with Crippen LogP contribution in [0, 0.1) is 9.49 Å². The van der Waals surface area contributed by atoms with Gasteiger partial charge < -0.3 is 25.0 Å². The molecule has 3 aromatic rings. The highest BCUT2D eigenvalue weighted by molar-refractivity contribution is 14.1. The van der Waals surface area contributed by atoms with Gasteiger partial charge in [-0.3, -0.25) is 4.79 Å². The monoisotopic (exact) mass is 590 g/mol. The molecular formula is C24H28IN5O3S. The van der Waals surface area contributed by atoms with Crippen molar-refractivity contribution >= 4 is 57.1 Å². The topological polar surface area (TPSA) is 106 Å². The molecule has 4 heterocycles. The fourth-order valence-corrected chi connectivity index (χ4v) is 6.53. The van der Waals surface area contributed by atoms with Gasteiger partial charge in [0.15, 0.2) is 11.0 Å². The Morgan fingerprint density at radius 1 is 1.38 bits per heavy atom. The molecule has 34 heavy (non-hydrogen) atoms. The summed E-state index contributed by atoms with van der Waals surface area (Å²) in [5.41, 5.74) is 9.15. The van der Waals surface area contributed by atoms with Gasteiger partial charge in [0, 0.05) is 40.7 Å². The number of halogens is 1. The summed E-state index contributed by atoms with van der Waals surface area (Å²) in [6.07, 6.45) is 4.63. The zero-order chi connectivity index (χ0) is 23.8. The summed E-state index contributed by atoms with van der Waals surface area (Å²) >= 11 is 4.02. The number of pyridine rings is 1. The fraction of sp³-hybridized carbons (Fsp3) is 0.458. The molecule has 10 heteroatoms. The van der Waals surface area contributed by atoms with E-state index in [0.717, 1.165) is 65.7 Å². The lowest BCUT2D eigenvalue weighted by molar-refractivity contribution is -0.140. The second-order valence-electron chi connectivity index (χ2n) is 8.93. The zero-order valence-corrected chi connectivity index (χ0v) is 22.0. The van der Waals surface area contributed by atoms with Crippen molar-refractivity contribution in [3.05, 3.63) is 33.5 Å². The molecule has 0 spiro atoms. The third kappa shape index (κ3) is 4.72. The molecular weight excluding hydrogens is 562 g/mol. The van der Waals surface area contributed by atoms with Crippen molar-refractivity contribution < 1.29 is 14.6 Å². The summed E-state index contributed by atoms with van der Waals surface area (Å²) in [6, 6.07) is 6.30. The number of nitrogens with zero attached hydrogens (tertiary/aromatic N) is 4. The van der Waals surface area contributed by atoms with Gasteiger partial charge in [-0.15, -0.1) is 0 Å². The number of aliphatic hydroxyl groups excluding tert-OH is 1. The third-order valence-corrected chi connectivity index (χ3v) is 8.96. The first-order valence-corrected chi connectivity index (χ1v) is 13.5. The van der Waals surface area contributed by atoms with Crippen LogP contribution in [0.15, 0.2) is 34.4 Å². The average Bonchev–Trinajstić information content (AvgIpc) is 3.42. The van der Waals surface area contributed by atoms with Crippen LogP contribution >= 0.6 is 34.4 Å². The largest absolute Gasteiger partial charge is 0.493 e. The third-order valence-electron chi connectivity index (χ3n) is 6.65. The number of ether oxygens (including phenoxy) is 1. The van der Waals surface area contributed by atoms with Gasteiger partial charge in [-0.1, -0.05) is 11.8 Å². The number of anilines is 1. The van der Waals surface area contributed by atoms with Gasteiger partial charge in [-0.05, 0) is 78.5 Å². The number of aromatic nitrogens is 3. The van der Waals surface area contributed by atoms with Crippen LogP contribution in [0.5, 0.6) is 5.75 Å². The van der Waals surface area contributed by atoms with Crippen molar-refractivity contribution in [1.29, 1.82) is 0 Å². The zero-order valence-electron chi connectivity index (χ0n) is 19.0.